The Kier molecular flexibility index (Phi) is 9.77. The van der Waals surface area contributed by atoms with Gasteiger partial charge in [-0.1, -0.05) is 29.3 Å². The van der Waals surface area contributed by atoms with Crippen LogP contribution in [0, 0.1) is 13.8 Å². The molecule has 0 bridgehead atoms. The maximum Gasteiger partial charge on any atom is 0.410 e. The van der Waals surface area contributed by atoms with Gasteiger partial charge in [-0.15, -0.1) is 0 Å². The molecule has 1 amide bonds. The highest BCUT2D eigenvalue weighted by molar-refractivity contribution is 6.32. The van der Waals surface area contributed by atoms with Crippen molar-refractivity contribution >= 4 is 46.2 Å². The number of hydrogen-bond donors (Lipinski definition) is 1. The minimum absolute atomic E-state index is 0.285. The molecule has 0 radical (unpaired) electrons. The number of hydrogen-bond acceptors (Lipinski definition) is 5. The van der Waals surface area contributed by atoms with E-state index in [1.165, 1.54) is 0 Å². The number of carboxylic acid groups (broad SMARTS) is 1. The van der Waals surface area contributed by atoms with E-state index in [1.807, 2.05) is 63.5 Å². The Morgan fingerprint density at radius 2 is 1.63 bits per heavy atom. The third-order valence-electron chi connectivity index (χ3n) is 7.25. The molecule has 0 atom stereocenters. The highest BCUT2D eigenvalue weighted by atomic mass is 35.5. The van der Waals surface area contributed by atoms with E-state index in [-0.39, 0.29) is 11.8 Å². The van der Waals surface area contributed by atoms with Crippen LogP contribution in [0.3, 0.4) is 0 Å². The first kappa shape index (κ1) is 31.0. The summed E-state index contributed by atoms with van der Waals surface area (Å²) in [4.78, 5) is 29.0. The maximum absolute atomic E-state index is 12.6. The number of aromatic carboxylic acids is 1. The van der Waals surface area contributed by atoms with Crippen molar-refractivity contribution < 1.29 is 24.2 Å². The summed E-state index contributed by atoms with van der Waals surface area (Å²) in [5.41, 5.74) is 3.26. The molecule has 2 heterocycles. The van der Waals surface area contributed by atoms with Crippen molar-refractivity contribution in [1.82, 2.24) is 14.4 Å². The quantitative estimate of drug-likeness (QED) is 0.270. The number of carboxylic acids is 1. The molecule has 4 rings (SSSR count). The zero-order valence-electron chi connectivity index (χ0n) is 24.4. The molecule has 10 heteroatoms. The van der Waals surface area contributed by atoms with Crippen molar-refractivity contribution in [3.05, 3.63) is 62.8 Å². The lowest BCUT2D eigenvalue weighted by atomic mass is 10.1. The minimum atomic E-state index is -0.966. The molecule has 1 N–H and O–H groups in total. The predicted octanol–water partition coefficient (Wildman–Crippen LogP) is 6.83. The Labute approximate surface area is 251 Å². The fourth-order valence-corrected chi connectivity index (χ4v) is 5.55. The zero-order valence-corrected chi connectivity index (χ0v) is 25.9. The number of amides is 1. The summed E-state index contributed by atoms with van der Waals surface area (Å²) in [5.74, 6) is -0.212. The molecular formula is C31H39Cl2N3O5. The Morgan fingerprint density at radius 1 is 0.976 bits per heavy atom. The number of nitrogens with zero attached hydrogens (tertiary/aromatic N) is 3. The number of aryl methyl sites for hydroxylation is 3. The molecule has 3 aromatic rings. The van der Waals surface area contributed by atoms with Crippen molar-refractivity contribution in [3.63, 3.8) is 0 Å². The van der Waals surface area contributed by atoms with Gasteiger partial charge in [0.15, 0.2) is 0 Å². The Balaban J connectivity index is 1.45. The molecule has 1 aliphatic heterocycles. The summed E-state index contributed by atoms with van der Waals surface area (Å²) in [6.45, 7) is 13.6. The lowest BCUT2D eigenvalue weighted by Gasteiger charge is -2.35. The van der Waals surface area contributed by atoms with Gasteiger partial charge in [-0.2, -0.15) is 0 Å². The Morgan fingerprint density at radius 3 is 2.24 bits per heavy atom. The largest absolute Gasteiger partial charge is 0.494 e. The zero-order chi connectivity index (χ0) is 29.9. The predicted molar refractivity (Wildman–Crippen MR) is 163 cm³/mol. The molecule has 1 fully saturated rings. The van der Waals surface area contributed by atoms with Gasteiger partial charge in [0.25, 0.3) is 0 Å². The molecule has 222 valence electrons. The minimum Gasteiger partial charge on any atom is -0.494 e. The molecule has 41 heavy (non-hydrogen) atoms. The molecule has 0 saturated carbocycles. The van der Waals surface area contributed by atoms with E-state index in [4.69, 9.17) is 32.7 Å². The van der Waals surface area contributed by atoms with Gasteiger partial charge in [0, 0.05) is 54.7 Å². The second kappa shape index (κ2) is 12.9. The van der Waals surface area contributed by atoms with E-state index in [1.54, 1.807) is 11.0 Å². The molecule has 0 spiro atoms. The van der Waals surface area contributed by atoms with Crippen LogP contribution in [-0.4, -0.2) is 76.5 Å². The monoisotopic (exact) mass is 603 g/mol. The highest BCUT2D eigenvalue weighted by Crippen LogP contribution is 2.31. The van der Waals surface area contributed by atoms with E-state index in [2.05, 4.69) is 4.90 Å². The SMILES string of the molecule is Cc1cc(OCCCc2c(C(=O)O)n(CCN3CCN(C(=O)OC(C)(C)C)CC3)c3cc(Cl)ccc23)cc(C)c1Cl. The average Bonchev–Trinajstić information content (AvgIpc) is 3.20. The van der Waals surface area contributed by atoms with Crippen LogP contribution >= 0.6 is 23.2 Å². The summed E-state index contributed by atoms with van der Waals surface area (Å²) in [6, 6.07) is 9.37. The number of ether oxygens (including phenoxy) is 2. The van der Waals surface area contributed by atoms with Crippen LogP contribution in [-0.2, 0) is 17.7 Å². The number of carbonyl (C=O) groups is 2. The number of piperazine rings is 1. The summed E-state index contributed by atoms with van der Waals surface area (Å²) < 4.78 is 13.3. The third kappa shape index (κ3) is 7.67. The topological polar surface area (TPSA) is 84.2 Å². The lowest BCUT2D eigenvalue weighted by Crippen LogP contribution is -2.50. The van der Waals surface area contributed by atoms with Gasteiger partial charge in [-0.25, -0.2) is 9.59 Å². The number of benzene rings is 2. The Bertz CT molecular complexity index is 1400. The van der Waals surface area contributed by atoms with Crippen LogP contribution in [0.25, 0.3) is 10.9 Å². The van der Waals surface area contributed by atoms with Gasteiger partial charge in [0.05, 0.1) is 12.1 Å². The number of halogens is 2. The van der Waals surface area contributed by atoms with Crippen molar-refractivity contribution in [2.24, 2.45) is 0 Å². The first-order valence-corrected chi connectivity index (χ1v) is 14.7. The lowest BCUT2D eigenvalue weighted by molar-refractivity contribution is 0.0142. The van der Waals surface area contributed by atoms with E-state index in [9.17, 15) is 14.7 Å². The van der Waals surface area contributed by atoms with Gasteiger partial charge in [-0.3, -0.25) is 4.90 Å². The van der Waals surface area contributed by atoms with Crippen LogP contribution in [0.2, 0.25) is 10.0 Å². The third-order valence-corrected chi connectivity index (χ3v) is 8.08. The summed E-state index contributed by atoms with van der Waals surface area (Å²) in [7, 11) is 0. The fourth-order valence-electron chi connectivity index (χ4n) is 5.27. The second-order valence-corrected chi connectivity index (χ2v) is 12.4. The van der Waals surface area contributed by atoms with Crippen LogP contribution in [0.15, 0.2) is 30.3 Å². The number of rotatable bonds is 9. The summed E-state index contributed by atoms with van der Waals surface area (Å²) in [5, 5.41) is 12.5. The van der Waals surface area contributed by atoms with Crippen LogP contribution in [0.5, 0.6) is 5.75 Å². The van der Waals surface area contributed by atoms with Crippen molar-refractivity contribution in [1.29, 1.82) is 0 Å². The van der Waals surface area contributed by atoms with Crippen molar-refractivity contribution in [2.45, 2.75) is 59.6 Å². The summed E-state index contributed by atoms with van der Waals surface area (Å²) in [6.07, 6.45) is 0.897. The molecule has 1 saturated heterocycles. The Hall–Kier alpha value is -2.94. The summed E-state index contributed by atoms with van der Waals surface area (Å²) >= 11 is 12.6. The molecule has 2 aromatic carbocycles. The maximum atomic E-state index is 12.6. The first-order chi connectivity index (χ1) is 19.3. The standard InChI is InChI=1S/C31H39Cl2N3O5/c1-20-17-23(18-21(2)27(20)33)40-16-6-7-25-24-9-8-22(32)19-26(24)36(28(25)29(37)38)15-12-34-10-13-35(14-11-34)30(39)41-31(3,4)5/h8-9,17-19H,6-7,10-16H2,1-5H3,(H,37,38). The van der Waals surface area contributed by atoms with E-state index in [0.29, 0.717) is 63.7 Å². The van der Waals surface area contributed by atoms with E-state index >= 15 is 0 Å². The molecule has 0 unspecified atom stereocenters. The van der Waals surface area contributed by atoms with Gasteiger partial charge < -0.3 is 24.0 Å². The van der Waals surface area contributed by atoms with Crippen molar-refractivity contribution in [3.8, 4) is 5.75 Å². The van der Waals surface area contributed by atoms with E-state index < -0.39 is 11.6 Å². The first-order valence-electron chi connectivity index (χ1n) is 14.0. The number of aromatic nitrogens is 1. The van der Waals surface area contributed by atoms with Crippen LogP contribution < -0.4 is 4.74 Å². The number of fused-ring (bicyclic) bond motifs is 1. The van der Waals surface area contributed by atoms with Gasteiger partial charge in [-0.05, 0) is 88.4 Å². The fraction of sp³-hybridized carbons (Fsp3) is 0.484. The van der Waals surface area contributed by atoms with Crippen molar-refractivity contribution in [2.75, 3.05) is 39.3 Å². The smallest absolute Gasteiger partial charge is 0.410 e. The van der Waals surface area contributed by atoms with Gasteiger partial charge in [0.1, 0.15) is 17.0 Å². The van der Waals surface area contributed by atoms with Gasteiger partial charge >= 0.3 is 12.1 Å². The number of carbonyl (C=O) groups excluding carboxylic acids is 1. The molecule has 8 nitrogen and oxygen atoms in total. The molecular weight excluding hydrogens is 565 g/mol. The molecule has 1 aromatic heterocycles. The van der Waals surface area contributed by atoms with E-state index in [0.717, 1.165) is 38.4 Å². The van der Waals surface area contributed by atoms with Crippen LogP contribution in [0.4, 0.5) is 4.79 Å². The normalized spacial score (nSPS) is 14.5. The molecule has 0 aliphatic carbocycles. The second-order valence-electron chi connectivity index (χ2n) is 11.6. The van der Waals surface area contributed by atoms with Gasteiger partial charge in [0.2, 0.25) is 0 Å². The van der Waals surface area contributed by atoms with Crippen LogP contribution in [0.1, 0.15) is 54.4 Å². The molecule has 1 aliphatic rings. The highest BCUT2D eigenvalue weighted by Gasteiger charge is 2.27. The average molecular weight is 605 g/mol.